The predicted molar refractivity (Wildman–Crippen MR) is 121 cm³/mol. The van der Waals surface area contributed by atoms with Crippen molar-refractivity contribution in [2.24, 2.45) is 0 Å². The largest absolute Gasteiger partial charge is 0.446 e. The molecule has 2 aliphatic rings. The van der Waals surface area contributed by atoms with E-state index in [1.165, 1.54) is 11.3 Å². The van der Waals surface area contributed by atoms with Crippen LogP contribution in [0.5, 0.6) is 0 Å². The third-order valence-corrected chi connectivity index (χ3v) is 7.26. The first-order valence-corrected chi connectivity index (χ1v) is 12.0. The third kappa shape index (κ3) is 6.07. The van der Waals surface area contributed by atoms with E-state index in [0.29, 0.717) is 18.7 Å². The molecule has 9 nitrogen and oxygen atoms in total. The molecule has 32 heavy (non-hydrogen) atoms. The van der Waals surface area contributed by atoms with Crippen molar-refractivity contribution in [2.75, 3.05) is 5.32 Å². The van der Waals surface area contributed by atoms with Crippen molar-refractivity contribution in [3.63, 3.8) is 0 Å². The number of aromatic amines is 1. The Balaban J connectivity index is 1.21. The number of hydrogen-bond acceptors (Lipinski definition) is 7. The van der Waals surface area contributed by atoms with Crippen LogP contribution in [0, 0.1) is 6.92 Å². The van der Waals surface area contributed by atoms with E-state index in [4.69, 9.17) is 4.74 Å². The van der Waals surface area contributed by atoms with E-state index in [-0.39, 0.29) is 36.5 Å². The van der Waals surface area contributed by atoms with Gasteiger partial charge in [-0.1, -0.05) is 0 Å². The number of alkyl carbamates (subject to hydrolysis) is 1. The minimum Gasteiger partial charge on any atom is -0.446 e. The van der Waals surface area contributed by atoms with Gasteiger partial charge in [-0.2, -0.15) is 5.10 Å². The maximum absolute atomic E-state index is 12.3. The number of aryl methyl sites for hydroxylation is 1. The Morgan fingerprint density at radius 3 is 2.81 bits per heavy atom. The number of amides is 2. The Morgan fingerprint density at radius 1 is 1.31 bits per heavy atom. The number of H-pyrrole nitrogens is 1. The fourth-order valence-corrected chi connectivity index (χ4v) is 5.30. The SMILES string of the molecule is Cc1ncc(CC(=O)Nc2cc([C@@H]3CC[C@H](OC(=O)NC4CCC(C)(O)CC4)C3)[nH]n2)s1. The summed E-state index contributed by atoms with van der Waals surface area (Å²) in [6.45, 7) is 3.75. The lowest BCUT2D eigenvalue weighted by atomic mass is 9.84. The molecule has 0 spiro atoms. The van der Waals surface area contributed by atoms with Gasteiger partial charge in [0, 0.05) is 34.8 Å². The van der Waals surface area contributed by atoms with Gasteiger partial charge in [0.25, 0.3) is 0 Å². The van der Waals surface area contributed by atoms with E-state index < -0.39 is 5.60 Å². The number of thiazole rings is 1. The highest BCUT2D eigenvalue weighted by atomic mass is 32.1. The average molecular weight is 462 g/mol. The van der Waals surface area contributed by atoms with Gasteiger partial charge in [-0.15, -0.1) is 11.3 Å². The zero-order valence-electron chi connectivity index (χ0n) is 18.5. The third-order valence-electron chi connectivity index (χ3n) is 6.35. The summed E-state index contributed by atoms with van der Waals surface area (Å²) in [5.74, 6) is 0.585. The number of nitrogens with zero attached hydrogens (tertiary/aromatic N) is 2. The molecule has 2 atom stereocenters. The highest BCUT2D eigenvalue weighted by molar-refractivity contribution is 7.11. The maximum Gasteiger partial charge on any atom is 0.407 e. The molecular weight excluding hydrogens is 430 g/mol. The fraction of sp³-hybridized carbons (Fsp3) is 0.636. The number of rotatable bonds is 6. The van der Waals surface area contributed by atoms with Crippen molar-refractivity contribution in [3.05, 3.63) is 27.8 Å². The molecule has 2 aromatic heterocycles. The molecule has 2 aliphatic carbocycles. The first kappa shape index (κ1) is 22.7. The van der Waals surface area contributed by atoms with Crippen LogP contribution < -0.4 is 10.6 Å². The quantitative estimate of drug-likeness (QED) is 0.522. The normalized spacial score (nSPS) is 27.8. The summed E-state index contributed by atoms with van der Waals surface area (Å²) in [6.07, 6.45) is 6.80. The molecule has 0 unspecified atom stereocenters. The fourth-order valence-electron chi connectivity index (χ4n) is 4.51. The molecule has 4 rings (SSSR count). The van der Waals surface area contributed by atoms with Crippen LogP contribution in [0.1, 0.15) is 73.4 Å². The van der Waals surface area contributed by atoms with Gasteiger partial charge in [-0.3, -0.25) is 9.89 Å². The average Bonchev–Trinajstić information content (AvgIpc) is 3.45. The first-order valence-electron chi connectivity index (χ1n) is 11.2. The van der Waals surface area contributed by atoms with E-state index in [1.54, 1.807) is 6.20 Å². The van der Waals surface area contributed by atoms with Crippen LogP contribution >= 0.6 is 11.3 Å². The van der Waals surface area contributed by atoms with Gasteiger partial charge in [-0.25, -0.2) is 9.78 Å². The van der Waals surface area contributed by atoms with Crippen molar-refractivity contribution in [3.8, 4) is 0 Å². The Bertz CT molecular complexity index is 946. The first-order chi connectivity index (χ1) is 15.3. The zero-order valence-corrected chi connectivity index (χ0v) is 19.3. The molecule has 10 heteroatoms. The molecule has 2 saturated carbocycles. The second-order valence-electron chi connectivity index (χ2n) is 9.23. The number of aromatic nitrogens is 3. The lowest BCUT2D eigenvalue weighted by molar-refractivity contribution is -0.115. The van der Waals surface area contributed by atoms with Crippen LogP contribution in [0.15, 0.2) is 12.3 Å². The van der Waals surface area contributed by atoms with Crippen LogP contribution in [0.2, 0.25) is 0 Å². The molecule has 2 amide bonds. The summed E-state index contributed by atoms with van der Waals surface area (Å²) < 4.78 is 5.64. The molecule has 2 fully saturated rings. The highest BCUT2D eigenvalue weighted by Gasteiger charge is 2.32. The number of hydrogen-bond donors (Lipinski definition) is 4. The van der Waals surface area contributed by atoms with E-state index in [0.717, 1.165) is 47.7 Å². The minimum absolute atomic E-state index is 0.0626. The molecule has 0 radical (unpaired) electrons. The Labute approximate surface area is 191 Å². The van der Waals surface area contributed by atoms with E-state index >= 15 is 0 Å². The molecule has 0 aromatic carbocycles. The topological polar surface area (TPSA) is 129 Å². The van der Waals surface area contributed by atoms with Gasteiger partial charge < -0.3 is 20.5 Å². The van der Waals surface area contributed by atoms with Gasteiger partial charge >= 0.3 is 6.09 Å². The van der Waals surface area contributed by atoms with Gasteiger partial charge in [0.2, 0.25) is 5.91 Å². The number of anilines is 1. The standard InChI is InChI=1S/C22H31N5O4S/c1-13-23-12-17(32-13)10-20(28)25-19-11-18(26-27-19)14-3-4-16(9-14)31-21(29)24-15-5-7-22(2,30)8-6-15/h11-12,14-16,30H,3-10H2,1-2H3,(H,24,29)(H2,25,26,27,28)/t14-,15?,16+,22?/m1/s1. The van der Waals surface area contributed by atoms with Crippen molar-refractivity contribution in [1.29, 1.82) is 0 Å². The van der Waals surface area contributed by atoms with Crippen molar-refractivity contribution >= 4 is 29.2 Å². The van der Waals surface area contributed by atoms with Crippen molar-refractivity contribution < 1.29 is 19.4 Å². The lowest BCUT2D eigenvalue weighted by Crippen LogP contribution is -2.43. The van der Waals surface area contributed by atoms with Crippen LogP contribution in [0.3, 0.4) is 0 Å². The number of aliphatic hydroxyl groups is 1. The van der Waals surface area contributed by atoms with E-state index in [1.807, 2.05) is 19.9 Å². The molecule has 2 aromatic rings. The molecule has 4 N–H and O–H groups in total. The second kappa shape index (κ2) is 9.58. The number of carbonyl (C=O) groups is 2. The predicted octanol–water partition coefficient (Wildman–Crippen LogP) is 3.41. The molecular formula is C22H31N5O4S. The Kier molecular flexibility index (Phi) is 6.80. The van der Waals surface area contributed by atoms with Gasteiger partial charge in [0.15, 0.2) is 5.82 Å². The summed E-state index contributed by atoms with van der Waals surface area (Å²) in [7, 11) is 0. The summed E-state index contributed by atoms with van der Waals surface area (Å²) >= 11 is 1.51. The molecule has 0 saturated heterocycles. The van der Waals surface area contributed by atoms with E-state index in [2.05, 4.69) is 25.8 Å². The summed E-state index contributed by atoms with van der Waals surface area (Å²) in [4.78, 5) is 29.6. The van der Waals surface area contributed by atoms with Gasteiger partial charge in [0.05, 0.1) is 17.0 Å². The van der Waals surface area contributed by atoms with Crippen molar-refractivity contribution in [1.82, 2.24) is 20.5 Å². The van der Waals surface area contributed by atoms with Crippen LogP contribution in [0.25, 0.3) is 0 Å². The number of carbonyl (C=O) groups excluding carboxylic acids is 2. The lowest BCUT2D eigenvalue weighted by Gasteiger charge is -2.33. The Hall–Kier alpha value is -2.46. The summed E-state index contributed by atoms with van der Waals surface area (Å²) in [5.41, 5.74) is 0.318. The van der Waals surface area contributed by atoms with Gasteiger partial charge in [0.1, 0.15) is 6.10 Å². The highest BCUT2D eigenvalue weighted by Crippen LogP contribution is 2.36. The van der Waals surface area contributed by atoms with Crippen LogP contribution in [-0.2, 0) is 16.0 Å². The summed E-state index contributed by atoms with van der Waals surface area (Å²) in [6, 6.07) is 1.92. The minimum atomic E-state index is -0.622. The molecule has 0 aliphatic heterocycles. The monoisotopic (exact) mass is 461 g/mol. The number of ether oxygens (including phenoxy) is 1. The van der Waals surface area contributed by atoms with Crippen molar-refractivity contribution in [2.45, 2.75) is 88.9 Å². The second-order valence-corrected chi connectivity index (χ2v) is 10.6. The zero-order chi connectivity index (χ0) is 22.7. The molecule has 0 bridgehead atoms. The smallest absolute Gasteiger partial charge is 0.407 e. The van der Waals surface area contributed by atoms with Crippen LogP contribution in [0.4, 0.5) is 10.6 Å². The number of nitrogens with one attached hydrogen (secondary N) is 3. The maximum atomic E-state index is 12.3. The van der Waals surface area contributed by atoms with E-state index in [9.17, 15) is 14.7 Å². The molecule has 174 valence electrons. The van der Waals surface area contributed by atoms with Crippen LogP contribution in [-0.4, -0.2) is 50.0 Å². The molecule has 2 heterocycles. The summed E-state index contributed by atoms with van der Waals surface area (Å²) in [5, 5.41) is 24.0. The Morgan fingerprint density at radius 2 is 2.09 bits per heavy atom. The van der Waals surface area contributed by atoms with Gasteiger partial charge in [-0.05, 0) is 58.8 Å².